The predicted molar refractivity (Wildman–Crippen MR) is 48.3 cm³/mol. The van der Waals surface area contributed by atoms with Crippen molar-refractivity contribution in [1.82, 2.24) is 0 Å². The summed E-state index contributed by atoms with van der Waals surface area (Å²) in [6.07, 6.45) is 4.51. The minimum Gasteiger partial charge on any atom is -0.475 e. The van der Waals surface area contributed by atoms with E-state index in [1.54, 1.807) is 13.0 Å². The first-order valence-corrected chi connectivity index (χ1v) is 4.19. The van der Waals surface area contributed by atoms with E-state index < -0.39 is 11.8 Å². The third kappa shape index (κ3) is 2.05. The predicted octanol–water partition coefficient (Wildman–Crippen LogP) is 1.55. The highest BCUT2D eigenvalue weighted by atomic mass is 16.4. The summed E-state index contributed by atoms with van der Waals surface area (Å²) in [6, 6.07) is 0. The summed E-state index contributed by atoms with van der Waals surface area (Å²) in [6.45, 7) is 3.72. The molecule has 0 aromatic heterocycles. The molecule has 0 saturated carbocycles. The van der Waals surface area contributed by atoms with Crippen molar-refractivity contribution >= 4 is 11.8 Å². The molecule has 0 bridgehead atoms. The Balaban J connectivity index is 2.96. The largest absolute Gasteiger partial charge is 0.475 e. The monoisotopic (exact) mass is 180 g/mol. The first-order chi connectivity index (χ1) is 6.02. The van der Waals surface area contributed by atoms with Crippen LogP contribution in [0.2, 0.25) is 0 Å². The Bertz CT molecular complexity index is 310. The fourth-order valence-electron chi connectivity index (χ4n) is 1.33. The van der Waals surface area contributed by atoms with Crippen LogP contribution >= 0.6 is 0 Å². The summed E-state index contributed by atoms with van der Waals surface area (Å²) in [4.78, 5) is 21.6. The third-order valence-electron chi connectivity index (χ3n) is 2.11. The van der Waals surface area contributed by atoms with Gasteiger partial charge in [0.05, 0.1) is 0 Å². The number of aliphatic carboxylic acids is 1. The van der Waals surface area contributed by atoms with Crippen molar-refractivity contribution in [3.63, 3.8) is 0 Å². The van der Waals surface area contributed by atoms with Crippen molar-refractivity contribution in [2.45, 2.75) is 20.3 Å². The summed E-state index contributed by atoms with van der Waals surface area (Å²) in [5.74, 6) is -1.93. The Labute approximate surface area is 76.8 Å². The molecule has 1 unspecified atom stereocenters. The molecule has 1 atom stereocenters. The molecule has 0 heterocycles. The lowest BCUT2D eigenvalue weighted by Crippen LogP contribution is -2.18. The normalized spacial score (nSPS) is 21.8. The van der Waals surface area contributed by atoms with E-state index in [4.69, 9.17) is 5.11 Å². The lowest BCUT2D eigenvalue weighted by Gasteiger charge is -2.14. The van der Waals surface area contributed by atoms with E-state index in [1.807, 2.05) is 13.0 Å². The Kier molecular flexibility index (Phi) is 2.66. The Hall–Kier alpha value is -1.38. The van der Waals surface area contributed by atoms with Gasteiger partial charge < -0.3 is 5.11 Å². The van der Waals surface area contributed by atoms with Gasteiger partial charge in [-0.15, -0.1) is 0 Å². The van der Waals surface area contributed by atoms with E-state index in [9.17, 15) is 9.59 Å². The topological polar surface area (TPSA) is 54.4 Å². The molecule has 0 saturated heterocycles. The summed E-state index contributed by atoms with van der Waals surface area (Å²) < 4.78 is 0. The minimum absolute atomic E-state index is 0.252. The molecule has 1 rings (SSSR count). The van der Waals surface area contributed by atoms with E-state index in [0.717, 1.165) is 12.0 Å². The smallest absolute Gasteiger partial charge is 0.377 e. The number of hydrogen-bond acceptors (Lipinski definition) is 2. The minimum atomic E-state index is -1.38. The molecular formula is C10H12O3. The Morgan fingerprint density at radius 2 is 2.15 bits per heavy atom. The SMILES string of the molecule is CC1=CCC(C)C=C1C(=O)C(=O)O. The Morgan fingerprint density at radius 3 is 2.69 bits per heavy atom. The highest BCUT2D eigenvalue weighted by Crippen LogP contribution is 2.22. The van der Waals surface area contributed by atoms with Crippen LogP contribution in [0.4, 0.5) is 0 Å². The first kappa shape index (κ1) is 9.71. The van der Waals surface area contributed by atoms with Crippen molar-refractivity contribution in [3.8, 4) is 0 Å². The van der Waals surface area contributed by atoms with Gasteiger partial charge in [-0.05, 0) is 24.8 Å². The van der Waals surface area contributed by atoms with Gasteiger partial charge in [0.25, 0.3) is 5.78 Å². The van der Waals surface area contributed by atoms with Crippen LogP contribution in [0.25, 0.3) is 0 Å². The molecule has 0 radical (unpaired) electrons. The zero-order chi connectivity index (χ0) is 10.0. The van der Waals surface area contributed by atoms with Crippen LogP contribution in [0.15, 0.2) is 23.3 Å². The van der Waals surface area contributed by atoms with Crippen LogP contribution in [0, 0.1) is 5.92 Å². The van der Waals surface area contributed by atoms with Crippen molar-refractivity contribution in [3.05, 3.63) is 23.3 Å². The zero-order valence-electron chi connectivity index (χ0n) is 7.70. The van der Waals surface area contributed by atoms with Gasteiger partial charge in [0, 0.05) is 5.57 Å². The number of carboxylic acid groups (broad SMARTS) is 1. The van der Waals surface area contributed by atoms with Crippen LogP contribution in [-0.2, 0) is 9.59 Å². The molecule has 0 amide bonds. The number of carbonyl (C=O) groups excluding carboxylic acids is 1. The molecule has 0 fully saturated rings. The van der Waals surface area contributed by atoms with Gasteiger partial charge in [-0.2, -0.15) is 0 Å². The second-order valence-electron chi connectivity index (χ2n) is 3.31. The molecule has 0 aromatic carbocycles. The average Bonchev–Trinajstić information content (AvgIpc) is 2.08. The highest BCUT2D eigenvalue weighted by Gasteiger charge is 2.21. The second-order valence-corrected chi connectivity index (χ2v) is 3.31. The molecule has 0 spiro atoms. The highest BCUT2D eigenvalue weighted by molar-refractivity contribution is 6.40. The van der Waals surface area contributed by atoms with Gasteiger partial charge in [0.15, 0.2) is 0 Å². The van der Waals surface area contributed by atoms with Gasteiger partial charge in [-0.25, -0.2) is 4.79 Å². The van der Waals surface area contributed by atoms with E-state index in [0.29, 0.717) is 5.57 Å². The third-order valence-corrected chi connectivity index (χ3v) is 2.11. The van der Waals surface area contributed by atoms with E-state index in [2.05, 4.69) is 0 Å². The molecule has 3 nitrogen and oxygen atoms in total. The zero-order valence-corrected chi connectivity index (χ0v) is 7.70. The molecule has 3 heteroatoms. The van der Waals surface area contributed by atoms with Crippen molar-refractivity contribution < 1.29 is 14.7 Å². The van der Waals surface area contributed by atoms with Gasteiger partial charge in [0.1, 0.15) is 0 Å². The Morgan fingerprint density at radius 1 is 1.54 bits per heavy atom. The van der Waals surface area contributed by atoms with Crippen LogP contribution in [0.5, 0.6) is 0 Å². The molecule has 0 aromatic rings. The molecule has 70 valence electrons. The first-order valence-electron chi connectivity index (χ1n) is 4.19. The lowest BCUT2D eigenvalue weighted by molar-refractivity contribution is -0.147. The molecular weight excluding hydrogens is 168 g/mol. The summed E-state index contributed by atoms with van der Waals surface area (Å²) in [5, 5.41) is 8.52. The van der Waals surface area contributed by atoms with Gasteiger partial charge in [-0.3, -0.25) is 4.79 Å². The summed E-state index contributed by atoms with van der Waals surface area (Å²) in [5.41, 5.74) is 1.11. The van der Waals surface area contributed by atoms with E-state index in [1.165, 1.54) is 0 Å². The quantitative estimate of drug-likeness (QED) is 0.656. The fraction of sp³-hybridized carbons (Fsp3) is 0.400. The maximum Gasteiger partial charge on any atom is 0.377 e. The standard InChI is InChI=1S/C10H12O3/c1-6-3-4-7(2)8(5-6)9(11)10(12)13/h4-6H,3H2,1-2H3,(H,12,13). The number of Topliss-reactive ketones (excluding diaryl/α,β-unsaturated/α-hetero) is 1. The number of hydrogen-bond donors (Lipinski definition) is 1. The second kappa shape index (κ2) is 3.56. The van der Waals surface area contributed by atoms with Crippen molar-refractivity contribution in [2.75, 3.05) is 0 Å². The average molecular weight is 180 g/mol. The van der Waals surface area contributed by atoms with Crippen LogP contribution in [0.3, 0.4) is 0 Å². The van der Waals surface area contributed by atoms with Crippen molar-refractivity contribution in [1.29, 1.82) is 0 Å². The van der Waals surface area contributed by atoms with E-state index in [-0.39, 0.29) is 5.92 Å². The van der Waals surface area contributed by atoms with Gasteiger partial charge >= 0.3 is 5.97 Å². The molecule has 1 aliphatic carbocycles. The number of ketones is 1. The maximum absolute atomic E-state index is 11.1. The summed E-state index contributed by atoms with van der Waals surface area (Å²) in [7, 11) is 0. The van der Waals surface area contributed by atoms with Crippen LogP contribution in [0.1, 0.15) is 20.3 Å². The molecule has 1 aliphatic rings. The van der Waals surface area contributed by atoms with Gasteiger partial charge in [0.2, 0.25) is 0 Å². The van der Waals surface area contributed by atoms with Crippen molar-refractivity contribution in [2.24, 2.45) is 5.92 Å². The summed E-state index contributed by atoms with van der Waals surface area (Å²) >= 11 is 0. The number of carboxylic acids is 1. The van der Waals surface area contributed by atoms with E-state index >= 15 is 0 Å². The lowest BCUT2D eigenvalue weighted by atomic mass is 9.90. The molecule has 13 heavy (non-hydrogen) atoms. The fourth-order valence-corrected chi connectivity index (χ4v) is 1.33. The number of carbonyl (C=O) groups is 2. The van der Waals surface area contributed by atoms with Gasteiger partial charge in [-0.1, -0.05) is 19.1 Å². The maximum atomic E-state index is 11.1. The molecule has 0 aliphatic heterocycles. The molecule has 1 N–H and O–H groups in total. The number of allylic oxidation sites excluding steroid dienone is 3. The number of rotatable bonds is 2. The van der Waals surface area contributed by atoms with Crippen LogP contribution in [-0.4, -0.2) is 16.9 Å². The van der Waals surface area contributed by atoms with Crippen LogP contribution < -0.4 is 0 Å².